The van der Waals surface area contributed by atoms with Crippen LogP contribution in [0.25, 0.3) is 0 Å². The van der Waals surface area contributed by atoms with E-state index < -0.39 is 11.9 Å². The standard InChI is InChI=1S/C9H8BrNO4/c1-5(10)4-11-8(12)6-2-3-7(15-6)9(13)14/h2-3H,1,4H2,(H,11,12)(H,13,14). The zero-order chi connectivity index (χ0) is 11.4. The van der Waals surface area contributed by atoms with Gasteiger partial charge in [0, 0.05) is 11.0 Å². The summed E-state index contributed by atoms with van der Waals surface area (Å²) < 4.78 is 5.39. The highest BCUT2D eigenvalue weighted by atomic mass is 79.9. The second-order valence-corrected chi connectivity index (χ2v) is 3.79. The molecule has 0 aliphatic heterocycles. The van der Waals surface area contributed by atoms with Crippen LogP contribution in [0.15, 0.2) is 27.6 Å². The third kappa shape index (κ3) is 3.25. The monoisotopic (exact) mass is 273 g/mol. The minimum absolute atomic E-state index is 0.0406. The van der Waals surface area contributed by atoms with Gasteiger partial charge < -0.3 is 14.8 Å². The van der Waals surface area contributed by atoms with E-state index in [1.54, 1.807) is 0 Å². The molecule has 0 atom stereocenters. The molecule has 80 valence electrons. The average molecular weight is 274 g/mol. The predicted octanol–water partition coefficient (Wildman–Crippen LogP) is 1.62. The van der Waals surface area contributed by atoms with Crippen molar-refractivity contribution in [1.29, 1.82) is 0 Å². The van der Waals surface area contributed by atoms with E-state index in [2.05, 4.69) is 27.8 Å². The Kier molecular flexibility index (Phi) is 3.68. The summed E-state index contributed by atoms with van der Waals surface area (Å²) in [6.45, 7) is 3.78. The first-order valence-corrected chi connectivity index (χ1v) is 4.74. The van der Waals surface area contributed by atoms with Crippen molar-refractivity contribution in [2.45, 2.75) is 0 Å². The minimum Gasteiger partial charge on any atom is -0.475 e. The molecule has 0 radical (unpaired) electrons. The Bertz CT molecular complexity index is 410. The van der Waals surface area contributed by atoms with Gasteiger partial charge in [-0.05, 0) is 12.1 Å². The van der Waals surface area contributed by atoms with Crippen LogP contribution in [0.3, 0.4) is 0 Å². The summed E-state index contributed by atoms with van der Waals surface area (Å²) in [5.74, 6) is -2.00. The molecule has 0 bridgehead atoms. The fraction of sp³-hybridized carbons (Fsp3) is 0.111. The molecule has 6 heteroatoms. The normalized spacial score (nSPS) is 9.67. The lowest BCUT2D eigenvalue weighted by atomic mass is 10.4. The quantitative estimate of drug-likeness (QED) is 0.874. The molecule has 0 unspecified atom stereocenters. The van der Waals surface area contributed by atoms with E-state index in [0.717, 1.165) is 0 Å². The summed E-state index contributed by atoms with van der Waals surface area (Å²) in [5.41, 5.74) is 0. The zero-order valence-corrected chi connectivity index (χ0v) is 9.20. The van der Waals surface area contributed by atoms with Gasteiger partial charge >= 0.3 is 5.97 Å². The summed E-state index contributed by atoms with van der Waals surface area (Å²) in [6.07, 6.45) is 0. The van der Waals surface area contributed by atoms with E-state index in [1.807, 2.05) is 0 Å². The van der Waals surface area contributed by atoms with Crippen molar-refractivity contribution < 1.29 is 19.1 Å². The molecule has 0 saturated carbocycles. The van der Waals surface area contributed by atoms with Crippen LogP contribution in [0.2, 0.25) is 0 Å². The van der Waals surface area contributed by atoms with Gasteiger partial charge in [0.2, 0.25) is 5.76 Å². The molecular weight excluding hydrogens is 266 g/mol. The van der Waals surface area contributed by atoms with Gasteiger partial charge in [-0.3, -0.25) is 4.79 Å². The van der Waals surface area contributed by atoms with Gasteiger partial charge in [0.05, 0.1) is 0 Å². The first-order valence-electron chi connectivity index (χ1n) is 3.95. The number of hydrogen-bond acceptors (Lipinski definition) is 3. The van der Waals surface area contributed by atoms with Crippen LogP contribution >= 0.6 is 15.9 Å². The van der Waals surface area contributed by atoms with Crippen LogP contribution < -0.4 is 5.32 Å². The Hall–Kier alpha value is -1.56. The van der Waals surface area contributed by atoms with Gasteiger partial charge in [0.25, 0.3) is 5.91 Å². The second kappa shape index (κ2) is 4.79. The maximum atomic E-state index is 11.3. The third-order valence-corrected chi connectivity index (χ3v) is 1.76. The van der Waals surface area contributed by atoms with Crippen molar-refractivity contribution in [1.82, 2.24) is 5.32 Å². The van der Waals surface area contributed by atoms with Gasteiger partial charge in [-0.2, -0.15) is 0 Å². The van der Waals surface area contributed by atoms with Crippen LogP contribution in [0.1, 0.15) is 21.1 Å². The van der Waals surface area contributed by atoms with Gasteiger partial charge in [-0.15, -0.1) is 0 Å². The number of carboxylic acid groups (broad SMARTS) is 1. The fourth-order valence-electron chi connectivity index (χ4n) is 0.838. The second-order valence-electron chi connectivity index (χ2n) is 2.67. The summed E-state index contributed by atoms with van der Waals surface area (Å²) in [6, 6.07) is 2.52. The highest BCUT2D eigenvalue weighted by molar-refractivity contribution is 9.11. The van der Waals surface area contributed by atoms with Crippen LogP contribution in [-0.2, 0) is 0 Å². The lowest BCUT2D eigenvalue weighted by Gasteiger charge is -1.99. The molecule has 0 aliphatic rings. The Morgan fingerprint density at radius 2 is 2.07 bits per heavy atom. The number of aromatic carboxylic acids is 1. The van der Waals surface area contributed by atoms with Gasteiger partial charge in [-0.25, -0.2) is 4.79 Å². The number of hydrogen-bond donors (Lipinski definition) is 2. The van der Waals surface area contributed by atoms with Crippen molar-refractivity contribution in [3.8, 4) is 0 Å². The van der Waals surface area contributed by atoms with E-state index in [4.69, 9.17) is 9.52 Å². The van der Waals surface area contributed by atoms with Crippen molar-refractivity contribution in [3.05, 3.63) is 34.7 Å². The van der Waals surface area contributed by atoms with Gasteiger partial charge in [0.1, 0.15) is 0 Å². The number of nitrogens with one attached hydrogen (secondary N) is 1. The predicted molar refractivity (Wildman–Crippen MR) is 56.1 cm³/mol. The first kappa shape index (κ1) is 11.5. The van der Waals surface area contributed by atoms with E-state index in [0.29, 0.717) is 4.48 Å². The molecule has 1 amide bonds. The van der Waals surface area contributed by atoms with Crippen molar-refractivity contribution >= 4 is 27.8 Å². The molecular formula is C9H8BrNO4. The molecule has 1 rings (SSSR count). The van der Waals surface area contributed by atoms with E-state index >= 15 is 0 Å². The summed E-state index contributed by atoms with van der Waals surface area (Å²) in [4.78, 5) is 21.8. The molecule has 2 N–H and O–H groups in total. The highest BCUT2D eigenvalue weighted by Gasteiger charge is 2.14. The number of carboxylic acids is 1. The Balaban J connectivity index is 2.66. The molecule has 0 saturated heterocycles. The Morgan fingerprint density at radius 3 is 2.53 bits per heavy atom. The SMILES string of the molecule is C=C(Br)CNC(=O)c1ccc(C(=O)O)o1. The largest absolute Gasteiger partial charge is 0.475 e. The molecule has 1 aromatic heterocycles. The number of amides is 1. The van der Waals surface area contributed by atoms with Crippen molar-refractivity contribution in [2.24, 2.45) is 0 Å². The minimum atomic E-state index is -1.21. The van der Waals surface area contributed by atoms with Crippen LogP contribution in [0.4, 0.5) is 0 Å². The van der Waals surface area contributed by atoms with E-state index in [9.17, 15) is 9.59 Å². The maximum absolute atomic E-state index is 11.3. The van der Waals surface area contributed by atoms with Crippen LogP contribution in [0, 0.1) is 0 Å². The number of halogens is 1. The summed E-state index contributed by atoms with van der Waals surface area (Å²) in [7, 11) is 0. The molecule has 1 aromatic rings. The molecule has 0 aromatic carbocycles. The van der Waals surface area contributed by atoms with Crippen molar-refractivity contribution in [3.63, 3.8) is 0 Å². The lowest BCUT2D eigenvalue weighted by Crippen LogP contribution is -2.23. The molecule has 0 fully saturated rings. The maximum Gasteiger partial charge on any atom is 0.371 e. The first-order chi connectivity index (χ1) is 7.00. The average Bonchev–Trinajstić information content (AvgIpc) is 2.62. The Morgan fingerprint density at radius 1 is 1.47 bits per heavy atom. The van der Waals surface area contributed by atoms with Gasteiger partial charge in [-0.1, -0.05) is 22.5 Å². The van der Waals surface area contributed by atoms with Crippen molar-refractivity contribution in [2.75, 3.05) is 6.54 Å². The third-order valence-electron chi connectivity index (χ3n) is 1.48. The molecule has 5 nitrogen and oxygen atoms in total. The van der Waals surface area contributed by atoms with E-state index in [1.165, 1.54) is 12.1 Å². The summed E-state index contributed by atoms with van der Waals surface area (Å²) in [5, 5.41) is 11.0. The zero-order valence-electron chi connectivity index (χ0n) is 7.62. The molecule has 15 heavy (non-hydrogen) atoms. The fourth-order valence-corrected chi connectivity index (χ4v) is 0.978. The topological polar surface area (TPSA) is 79.5 Å². The molecule has 0 spiro atoms. The molecule has 1 heterocycles. The lowest BCUT2D eigenvalue weighted by molar-refractivity contribution is 0.0659. The number of carbonyl (C=O) groups is 2. The van der Waals surface area contributed by atoms with E-state index in [-0.39, 0.29) is 18.1 Å². The Labute approximate surface area is 93.9 Å². The number of carbonyl (C=O) groups excluding carboxylic acids is 1. The number of rotatable bonds is 4. The smallest absolute Gasteiger partial charge is 0.371 e. The van der Waals surface area contributed by atoms with Gasteiger partial charge in [0.15, 0.2) is 5.76 Å². The highest BCUT2D eigenvalue weighted by Crippen LogP contribution is 2.08. The number of furan rings is 1. The summed E-state index contributed by atoms with van der Waals surface area (Å²) >= 11 is 3.07. The van der Waals surface area contributed by atoms with Crippen LogP contribution in [0.5, 0.6) is 0 Å². The molecule has 0 aliphatic carbocycles. The van der Waals surface area contributed by atoms with Crippen LogP contribution in [-0.4, -0.2) is 23.5 Å².